The van der Waals surface area contributed by atoms with Crippen LogP contribution in [0.1, 0.15) is 28.2 Å². The SMILES string of the molecule is Cc1c(C)n(Cc2ccccc2)c2ncn3nc(CON=Cc4ccccc4)nc3c12. The molecule has 2 aromatic carbocycles. The van der Waals surface area contributed by atoms with E-state index >= 15 is 0 Å². The molecule has 3 heterocycles. The molecule has 0 saturated heterocycles. The lowest BCUT2D eigenvalue weighted by Crippen LogP contribution is -2.03. The maximum absolute atomic E-state index is 5.41. The Balaban J connectivity index is 1.44. The highest BCUT2D eigenvalue weighted by Gasteiger charge is 2.18. The fourth-order valence-electron chi connectivity index (χ4n) is 3.73. The topological polar surface area (TPSA) is 69.6 Å². The van der Waals surface area contributed by atoms with E-state index in [0.717, 1.165) is 34.4 Å². The third kappa shape index (κ3) is 3.66. The zero-order chi connectivity index (χ0) is 21.2. The van der Waals surface area contributed by atoms with E-state index in [9.17, 15) is 0 Å². The lowest BCUT2D eigenvalue weighted by Gasteiger charge is -2.07. The first-order valence-electron chi connectivity index (χ1n) is 10.1. The summed E-state index contributed by atoms with van der Waals surface area (Å²) in [5.74, 6) is 0.562. The van der Waals surface area contributed by atoms with Crippen molar-refractivity contribution in [2.45, 2.75) is 27.0 Å². The number of hydrogen-bond donors (Lipinski definition) is 0. The van der Waals surface area contributed by atoms with E-state index in [0.29, 0.717) is 5.82 Å². The monoisotopic (exact) mass is 410 g/mol. The molecule has 0 bridgehead atoms. The first kappa shape index (κ1) is 19.0. The van der Waals surface area contributed by atoms with Crippen LogP contribution in [0.4, 0.5) is 0 Å². The van der Waals surface area contributed by atoms with Crippen LogP contribution in [0.25, 0.3) is 16.7 Å². The van der Waals surface area contributed by atoms with Gasteiger partial charge in [-0.15, -0.1) is 5.10 Å². The molecule has 0 radical (unpaired) electrons. The van der Waals surface area contributed by atoms with Gasteiger partial charge in [-0.2, -0.15) is 0 Å². The Labute approximate surface area is 179 Å². The van der Waals surface area contributed by atoms with Crippen molar-refractivity contribution in [3.05, 3.63) is 95.2 Å². The molecule has 0 aliphatic heterocycles. The third-order valence-electron chi connectivity index (χ3n) is 5.44. The standard InChI is InChI=1S/C24H22N6O/c1-17-18(2)29(14-20-11-7-4-8-12-20)23-22(17)24-27-21(28-30(24)16-25-23)15-31-26-13-19-9-5-3-6-10-19/h3-13,16H,14-15H2,1-2H3. The molecule has 0 fully saturated rings. The molecule has 0 N–H and O–H groups in total. The highest BCUT2D eigenvalue weighted by Crippen LogP contribution is 2.27. The van der Waals surface area contributed by atoms with E-state index in [2.05, 4.69) is 57.9 Å². The molecule has 0 aliphatic rings. The van der Waals surface area contributed by atoms with Gasteiger partial charge >= 0.3 is 0 Å². The number of oxime groups is 1. The van der Waals surface area contributed by atoms with Gasteiger partial charge in [0.15, 0.2) is 18.1 Å². The van der Waals surface area contributed by atoms with E-state index < -0.39 is 0 Å². The smallest absolute Gasteiger partial charge is 0.192 e. The summed E-state index contributed by atoms with van der Waals surface area (Å²) in [6.07, 6.45) is 3.38. The van der Waals surface area contributed by atoms with Gasteiger partial charge in [0, 0.05) is 12.2 Å². The van der Waals surface area contributed by atoms with Crippen molar-refractivity contribution < 1.29 is 4.84 Å². The minimum absolute atomic E-state index is 0.190. The number of hydrogen-bond acceptors (Lipinski definition) is 5. The normalized spacial score (nSPS) is 11.7. The van der Waals surface area contributed by atoms with Gasteiger partial charge in [-0.25, -0.2) is 14.5 Å². The number of nitrogens with zero attached hydrogens (tertiary/aromatic N) is 6. The van der Waals surface area contributed by atoms with E-state index in [1.165, 1.54) is 11.3 Å². The van der Waals surface area contributed by atoms with Crippen LogP contribution in [0, 0.1) is 13.8 Å². The van der Waals surface area contributed by atoms with E-state index in [4.69, 9.17) is 9.82 Å². The molecule has 0 atom stereocenters. The molecule has 7 heteroatoms. The Hall–Kier alpha value is -4.00. The molecule has 31 heavy (non-hydrogen) atoms. The zero-order valence-corrected chi connectivity index (χ0v) is 17.4. The van der Waals surface area contributed by atoms with Crippen LogP contribution in [0.15, 0.2) is 72.1 Å². The number of benzene rings is 2. The minimum atomic E-state index is 0.190. The predicted molar refractivity (Wildman–Crippen MR) is 120 cm³/mol. The second-order valence-electron chi connectivity index (χ2n) is 7.44. The number of fused-ring (bicyclic) bond motifs is 3. The largest absolute Gasteiger partial charge is 0.387 e. The van der Waals surface area contributed by atoms with Gasteiger partial charge in [0.05, 0.1) is 11.6 Å². The molecule has 0 unspecified atom stereocenters. The average molecular weight is 410 g/mol. The van der Waals surface area contributed by atoms with Gasteiger partial charge in [0.1, 0.15) is 12.0 Å². The fraction of sp³-hybridized carbons (Fsp3) is 0.167. The van der Waals surface area contributed by atoms with Crippen LogP contribution in [0.2, 0.25) is 0 Å². The highest BCUT2D eigenvalue weighted by atomic mass is 16.6. The van der Waals surface area contributed by atoms with Gasteiger partial charge in [-0.05, 0) is 30.5 Å². The van der Waals surface area contributed by atoms with Crippen molar-refractivity contribution >= 4 is 22.9 Å². The van der Waals surface area contributed by atoms with E-state index in [1.54, 1.807) is 17.1 Å². The third-order valence-corrected chi connectivity index (χ3v) is 5.44. The van der Waals surface area contributed by atoms with E-state index in [-0.39, 0.29) is 6.61 Å². The van der Waals surface area contributed by atoms with Crippen LogP contribution in [-0.2, 0) is 18.0 Å². The molecule has 0 aliphatic carbocycles. The van der Waals surface area contributed by atoms with Crippen molar-refractivity contribution in [2.75, 3.05) is 0 Å². The van der Waals surface area contributed by atoms with Gasteiger partial charge in [0.25, 0.3) is 0 Å². The van der Waals surface area contributed by atoms with Crippen LogP contribution >= 0.6 is 0 Å². The first-order chi connectivity index (χ1) is 15.2. The summed E-state index contributed by atoms with van der Waals surface area (Å²) in [6, 6.07) is 20.2. The maximum Gasteiger partial charge on any atom is 0.192 e. The molecule has 154 valence electrons. The Bertz CT molecular complexity index is 1370. The predicted octanol–water partition coefficient (Wildman–Crippen LogP) is 4.29. The molecule has 0 amide bonds. The maximum atomic E-state index is 5.41. The van der Waals surface area contributed by atoms with Gasteiger partial charge in [0.2, 0.25) is 0 Å². The van der Waals surface area contributed by atoms with Gasteiger partial charge < -0.3 is 9.40 Å². The van der Waals surface area contributed by atoms with Crippen LogP contribution in [0.5, 0.6) is 0 Å². The Kier molecular flexibility index (Phi) is 4.92. The number of aromatic nitrogens is 5. The summed E-state index contributed by atoms with van der Waals surface area (Å²) in [6.45, 7) is 5.18. The fourth-order valence-corrected chi connectivity index (χ4v) is 3.73. The molecule has 3 aromatic heterocycles. The quantitative estimate of drug-likeness (QED) is 0.309. The van der Waals surface area contributed by atoms with Crippen molar-refractivity contribution in [1.29, 1.82) is 0 Å². The molecular formula is C24H22N6O. The van der Waals surface area contributed by atoms with Crippen LogP contribution in [0.3, 0.4) is 0 Å². The van der Waals surface area contributed by atoms with Crippen molar-refractivity contribution in [3.63, 3.8) is 0 Å². The Morgan fingerprint density at radius 2 is 1.71 bits per heavy atom. The summed E-state index contributed by atoms with van der Waals surface area (Å²) in [7, 11) is 0. The zero-order valence-electron chi connectivity index (χ0n) is 17.4. The molecule has 0 spiro atoms. The Morgan fingerprint density at radius 1 is 0.968 bits per heavy atom. The lowest BCUT2D eigenvalue weighted by molar-refractivity contribution is 0.126. The lowest BCUT2D eigenvalue weighted by atomic mass is 10.2. The summed E-state index contributed by atoms with van der Waals surface area (Å²) < 4.78 is 3.94. The summed E-state index contributed by atoms with van der Waals surface area (Å²) in [5, 5.41) is 9.54. The molecule has 5 rings (SSSR count). The van der Waals surface area contributed by atoms with Crippen LogP contribution in [-0.4, -0.2) is 30.4 Å². The van der Waals surface area contributed by atoms with Crippen molar-refractivity contribution in [2.24, 2.45) is 5.16 Å². The second kappa shape index (κ2) is 8.02. The number of aryl methyl sites for hydroxylation is 1. The molecular weight excluding hydrogens is 388 g/mol. The van der Waals surface area contributed by atoms with Gasteiger partial charge in [-0.3, -0.25) is 0 Å². The van der Waals surface area contributed by atoms with Crippen LogP contribution < -0.4 is 0 Å². The summed E-state index contributed by atoms with van der Waals surface area (Å²) in [5.41, 5.74) is 6.23. The molecule has 7 nitrogen and oxygen atoms in total. The highest BCUT2D eigenvalue weighted by molar-refractivity contribution is 5.93. The Morgan fingerprint density at radius 3 is 2.48 bits per heavy atom. The minimum Gasteiger partial charge on any atom is -0.387 e. The summed E-state index contributed by atoms with van der Waals surface area (Å²) in [4.78, 5) is 14.8. The molecule has 5 aromatic rings. The number of rotatable bonds is 6. The van der Waals surface area contributed by atoms with Gasteiger partial charge in [-0.1, -0.05) is 65.8 Å². The summed E-state index contributed by atoms with van der Waals surface area (Å²) >= 11 is 0. The second-order valence-corrected chi connectivity index (χ2v) is 7.44. The van der Waals surface area contributed by atoms with Crippen molar-refractivity contribution in [1.82, 2.24) is 24.1 Å². The molecule has 0 saturated carbocycles. The van der Waals surface area contributed by atoms with E-state index in [1.807, 2.05) is 36.4 Å². The first-order valence-corrected chi connectivity index (χ1v) is 10.1. The average Bonchev–Trinajstić information content (AvgIpc) is 3.32. The van der Waals surface area contributed by atoms with Crippen molar-refractivity contribution in [3.8, 4) is 0 Å².